The van der Waals surface area contributed by atoms with Crippen molar-refractivity contribution >= 4 is 58.0 Å². The molecular formula is C12H7Cl3N2O3. The molecule has 8 heteroatoms. The van der Waals surface area contributed by atoms with Gasteiger partial charge in [-0.05, 0) is 12.1 Å². The lowest BCUT2D eigenvalue weighted by Crippen LogP contribution is -2.30. The zero-order valence-corrected chi connectivity index (χ0v) is 12.0. The molecule has 0 aromatic heterocycles. The molecule has 1 amide bonds. The molecule has 1 aliphatic carbocycles. The van der Waals surface area contributed by atoms with Crippen LogP contribution in [0.5, 0.6) is 0 Å². The summed E-state index contributed by atoms with van der Waals surface area (Å²) in [6.07, 6.45) is 0. The van der Waals surface area contributed by atoms with Gasteiger partial charge in [-0.15, -0.1) is 11.6 Å². The van der Waals surface area contributed by atoms with E-state index < -0.39 is 27.2 Å². The third-order valence-corrected chi connectivity index (χ3v) is 3.73. The van der Waals surface area contributed by atoms with E-state index in [9.17, 15) is 14.4 Å². The fraction of sp³-hybridized carbons (Fsp3) is 0.167. The van der Waals surface area contributed by atoms with Crippen LogP contribution in [0.2, 0.25) is 0 Å². The van der Waals surface area contributed by atoms with Gasteiger partial charge >= 0.3 is 0 Å². The number of carbonyl (C=O) groups is 3. The Morgan fingerprint density at radius 1 is 1.20 bits per heavy atom. The first kappa shape index (κ1) is 15.0. The van der Waals surface area contributed by atoms with E-state index in [2.05, 4.69) is 10.5 Å². The SMILES string of the molecule is O=C(N/N=C1\C(=O)C(Cl)(Cl)C(=O)C1Cl)c1ccccc1. The summed E-state index contributed by atoms with van der Waals surface area (Å²) in [5, 5.41) is 2.17. The number of ketones is 2. The van der Waals surface area contributed by atoms with Crippen molar-refractivity contribution in [1.82, 2.24) is 5.43 Å². The van der Waals surface area contributed by atoms with E-state index in [0.29, 0.717) is 5.56 Å². The van der Waals surface area contributed by atoms with Crippen LogP contribution in [0.4, 0.5) is 0 Å². The minimum absolute atomic E-state index is 0.336. The van der Waals surface area contributed by atoms with Crippen molar-refractivity contribution in [3.63, 3.8) is 0 Å². The smallest absolute Gasteiger partial charge is 0.271 e. The number of nitrogens with one attached hydrogen (secondary N) is 1. The number of benzene rings is 1. The average molecular weight is 334 g/mol. The molecule has 2 rings (SSSR count). The molecule has 1 unspecified atom stereocenters. The Labute approximate surface area is 128 Å². The van der Waals surface area contributed by atoms with E-state index in [4.69, 9.17) is 34.8 Å². The normalized spacial score (nSPS) is 23.1. The van der Waals surface area contributed by atoms with Gasteiger partial charge in [0.1, 0.15) is 11.1 Å². The predicted octanol–water partition coefficient (Wildman–Crippen LogP) is 1.71. The molecule has 5 nitrogen and oxygen atoms in total. The standard InChI is InChI=1S/C12H7Cl3N2O3/c13-7-8(10(19)12(14,15)9(7)18)16-17-11(20)6-4-2-1-3-5-6/h1-5,7H,(H,17,20)/b16-8-. The number of rotatable bonds is 2. The van der Waals surface area contributed by atoms with E-state index in [-0.39, 0.29) is 5.71 Å². The molecule has 0 saturated heterocycles. The molecule has 1 saturated carbocycles. The molecule has 104 valence electrons. The van der Waals surface area contributed by atoms with Crippen LogP contribution in [0, 0.1) is 0 Å². The minimum atomic E-state index is -2.25. The first-order chi connectivity index (χ1) is 9.35. The minimum Gasteiger partial charge on any atom is -0.294 e. The van der Waals surface area contributed by atoms with Gasteiger partial charge < -0.3 is 0 Å². The van der Waals surface area contributed by atoms with Crippen molar-refractivity contribution in [2.24, 2.45) is 5.10 Å². The summed E-state index contributed by atoms with van der Waals surface area (Å²) in [6.45, 7) is 0. The number of hydrazone groups is 1. The molecular weight excluding hydrogens is 327 g/mol. The lowest BCUT2D eigenvalue weighted by atomic mass is 10.2. The highest BCUT2D eigenvalue weighted by molar-refractivity contribution is 6.85. The Morgan fingerprint density at radius 3 is 2.30 bits per heavy atom. The number of alkyl halides is 3. The van der Waals surface area contributed by atoms with Crippen molar-refractivity contribution in [3.8, 4) is 0 Å². The summed E-state index contributed by atoms with van der Waals surface area (Å²) in [6, 6.07) is 8.19. The van der Waals surface area contributed by atoms with Crippen LogP contribution >= 0.6 is 34.8 Å². The third-order valence-electron chi connectivity index (χ3n) is 2.61. The zero-order chi connectivity index (χ0) is 14.9. The van der Waals surface area contributed by atoms with Crippen LogP contribution in [0.15, 0.2) is 35.4 Å². The summed E-state index contributed by atoms with van der Waals surface area (Å²) in [4.78, 5) is 35.0. The van der Waals surface area contributed by atoms with Crippen molar-refractivity contribution in [3.05, 3.63) is 35.9 Å². The van der Waals surface area contributed by atoms with Crippen LogP contribution in [0.1, 0.15) is 10.4 Å². The summed E-state index contributed by atoms with van der Waals surface area (Å²) in [5.74, 6) is -2.36. The van der Waals surface area contributed by atoms with Crippen LogP contribution in [0.25, 0.3) is 0 Å². The van der Waals surface area contributed by atoms with Crippen molar-refractivity contribution in [1.29, 1.82) is 0 Å². The molecule has 1 aromatic rings. The molecule has 1 atom stereocenters. The van der Waals surface area contributed by atoms with Gasteiger partial charge in [0.2, 0.25) is 15.9 Å². The Bertz CT molecular complexity index is 614. The fourth-order valence-corrected chi connectivity index (χ4v) is 2.38. The van der Waals surface area contributed by atoms with Gasteiger partial charge in [0.05, 0.1) is 0 Å². The number of Topliss-reactive ketones (excluding diaryl/α,β-unsaturated/α-hetero) is 2. The van der Waals surface area contributed by atoms with E-state index in [1.165, 1.54) is 0 Å². The maximum Gasteiger partial charge on any atom is 0.271 e. The quantitative estimate of drug-likeness (QED) is 0.508. The molecule has 0 bridgehead atoms. The molecule has 1 aliphatic rings. The van der Waals surface area contributed by atoms with Crippen LogP contribution < -0.4 is 5.43 Å². The second kappa shape index (κ2) is 5.52. The summed E-state index contributed by atoms with van der Waals surface area (Å²) < 4.78 is -2.25. The van der Waals surface area contributed by atoms with Gasteiger partial charge in [-0.2, -0.15) is 5.10 Å². The summed E-state index contributed by atoms with van der Waals surface area (Å²) >= 11 is 16.9. The molecule has 20 heavy (non-hydrogen) atoms. The maximum atomic E-state index is 11.7. The van der Waals surface area contributed by atoms with Gasteiger partial charge in [0, 0.05) is 5.56 Å². The lowest BCUT2D eigenvalue weighted by molar-refractivity contribution is -0.121. The Hall–Kier alpha value is -1.43. The topological polar surface area (TPSA) is 75.6 Å². The monoisotopic (exact) mass is 332 g/mol. The third kappa shape index (κ3) is 2.57. The van der Waals surface area contributed by atoms with Crippen LogP contribution in [-0.4, -0.2) is 32.9 Å². The molecule has 0 heterocycles. The van der Waals surface area contributed by atoms with Crippen molar-refractivity contribution < 1.29 is 14.4 Å². The molecule has 0 spiro atoms. The molecule has 1 aromatic carbocycles. The second-order valence-corrected chi connectivity index (χ2v) is 5.70. The fourth-order valence-electron chi connectivity index (χ4n) is 1.54. The number of nitrogens with zero attached hydrogens (tertiary/aromatic N) is 1. The van der Waals surface area contributed by atoms with Gasteiger partial charge in [-0.1, -0.05) is 41.4 Å². The Balaban J connectivity index is 2.19. The molecule has 1 N–H and O–H groups in total. The number of hydrogen-bond acceptors (Lipinski definition) is 4. The first-order valence-corrected chi connectivity index (χ1v) is 6.59. The van der Waals surface area contributed by atoms with E-state index >= 15 is 0 Å². The van der Waals surface area contributed by atoms with E-state index in [1.807, 2.05) is 0 Å². The van der Waals surface area contributed by atoms with Gasteiger partial charge in [0.15, 0.2) is 0 Å². The van der Waals surface area contributed by atoms with Gasteiger partial charge in [-0.3, -0.25) is 14.4 Å². The van der Waals surface area contributed by atoms with Gasteiger partial charge in [-0.25, -0.2) is 5.43 Å². The molecule has 0 radical (unpaired) electrons. The first-order valence-electron chi connectivity index (χ1n) is 5.39. The maximum absolute atomic E-state index is 11.7. The van der Waals surface area contributed by atoms with Crippen molar-refractivity contribution in [2.45, 2.75) is 9.71 Å². The zero-order valence-electron chi connectivity index (χ0n) is 9.77. The van der Waals surface area contributed by atoms with Crippen LogP contribution in [-0.2, 0) is 9.59 Å². The largest absolute Gasteiger partial charge is 0.294 e. The highest BCUT2D eigenvalue weighted by atomic mass is 35.5. The predicted molar refractivity (Wildman–Crippen MR) is 75.4 cm³/mol. The number of halogens is 3. The highest BCUT2D eigenvalue weighted by Crippen LogP contribution is 2.34. The number of carbonyl (C=O) groups excluding carboxylic acids is 3. The van der Waals surface area contributed by atoms with Crippen molar-refractivity contribution in [2.75, 3.05) is 0 Å². The highest BCUT2D eigenvalue weighted by Gasteiger charge is 2.57. The van der Waals surface area contributed by atoms with E-state index in [0.717, 1.165) is 0 Å². The average Bonchev–Trinajstić information content (AvgIpc) is 2.59. The lowest BCUT2D eigenvalue weighted by Gasteiger charge is -2.04. The van der Waals surface area contributed by atoms with Crippen LogP contribution in [0.3, 0.4) is 0 Å². The Kier molecular flexibility index (Phi) is 4.13. The summed E-state index contributed by atoms with van der Waals surface area (Å²) in [5.41, 5.74) is 2.09. The Morgan fingerprint density at radius 2 is 1.80 bits per heavy atom. The summed E-state index contributed by atoms with van der Waals surface area (Å²) in [7, 11) is 0. The second-order valence-electron chi connectivity index (χ2n) is 3.93. The van der Waals surface area contributed by atoms with E-state index in [1.54, 1.807) is 30.3 Å². The number of amides is 1. The molecule has 1 fully saturated rings. The molecule has 0 aliphatic heterocycles. The van der Waals surface area contributed by atoms with Gasteiger partial charge in [0.25, 0.3) is 5.91 Å². The number of hydrogen-bond donors (Lipinski definition) is 1.